The summed E-state index contributed by atoms with van der Waals surface area (Å²) >= 11 is 0. The first-order chi connectivity index (χ1) is 17.8. The Kier molecular flexibility index (Phi) is 6.27. The lowest BCUT2D eigenvalue weighted by Crippen LogP contribution is -2.15. The van der Waals surface area contributed by atoms with Gasteiger partial charge in [0.2, 0.25) is 5.88 Å². The van der Waals surface area contributed by atoms with Gasteiger partial charge in [-0.2, -0.15) is 15.2 Å². The summed E-state index contributed by atoms with van der Waals surface area (Å²) in [6.45, 7) is 7.83. The van der Waals surface area contributed by atoms with E-state index in [1.807, 2.05) is 58.0 Å². The predicted octanol–water partition coefficient (Wildman–Crippen LogP) is 5.34. The lowest BCUT2D eigenvalue weighted by atomic mass is 10.1. The van der Waals surface area contributed by atoms with Crippen LogP contribution < -0.4 is 10.1 Å². The molecular weight excluding hydrogens is 466 g/mol. The predicted molar refractivity (Wildman–Crippen MR) is 141 cm³/mol. The molecule has 0 aliphatic heterocycles. The first-order valence-corrected chi connectivity index (χ1v) is 11.9. The number of hydrogen-bond donors (Lipinski definition) is 1. The number of anilines is 1. The standard InChI is InChI=1S/C28H27N7O2/c1-17-18(2)32-35(19(17)3)26-16-27(30-20(4)29-26)37-23-13-11-22(12-14-23)31-28(36)25-15-24(33-34(25)5)21-9-7-6-8-10-21/h6-16H,1-5H3,(H,31,36). The maximum atomic E-state index is 12.9. The summed E-state index contributed by atoms with van der Waals surface area (Å²) < 4.78 is 9.37. The van der Waals surface area contributed by atoms with Crippen molar-refractivity contribution in [1.82, 2.24) is 29.5 Å². The van der Waals surface area contributed by atoms with Gasteiger partial charge in [-0.15, -0.1) is 0 Å². The van der Waals surface area contributed by atoms with Crippen molar-refractivity contribution in [3.8, 4) is 28.7 Å². The Morgan fingerprint density at radius 1 is 0.892 bits per heavy atom. The van der Waals surface area contributed by atoms with Crippen molar-refractivity contribution in [2.24, 2.45) is 7.05 Å². The number of benzene rings is 2. The molecule has 5 aromatic rings. The molecule has 2 aromatic carbocycles. The highest BCUT2D eigenvalue weighted by Crippen LogP contribution is 2.25. The number of carbonyl (C=O) groups is 1. The molecule has 0 saturated carbocycles. The monoisotopic (exact) mass is 493 g/mol. The molecule has 0 fully saturated rings. The van der Waals surface area contributed by atoms with Crippen LogP contribution in [0.25, 0.3) is 17.1 Å². The van der Waals surface area contributed by atoms with E-state index in [4.69, 9.17) is 4.74 Å². The van der Waals surface area contributed by atoms with Crippen LogP contribution in [0.5, 0.6) is 11.6 Å². The molecule has 3 heterocycles. The Morgan fingerprint density at radius 2 is 1.62 bits per heavy atom. The van der Waals surface area contributed by atoms with Gasteiger partial charge in [-0.1, -0.05) is 30.3 Å². The normalized spacial score (nSPS) is 10.9. The van der Waals surface area contributed by atoms with E-state index in [0.29, 0.717) is 34.7 Å². The lowest BCUT2D eigenvalue weighted by Gasteiger charge is -2.10. The van der Waals surface area contributed by atoms with E-state index in [1.165, 1.54) is 0 Å². The van der Waals surface area contributed by atoms with E-state index >= 15 is 0 Å². The van der Waals surface area contributed by atoms with Gasteiger partial charge in [0.1, 0.15) is 17.3 Å². The third-order valence-electron chi connectivity index (χ3n) is 6.19. The minimum Gasteiger partial charge on any atom is -0.439 e. The topological polar surface area (TPSA) is 99.8 Å². The highest BCUT2D eigenvalue weighted by atomic mass is 16.5. The van der Waals surface area contributed by atoms with Crippen LogP contribution in [0.1, 0.15) is 33.3 Å². The molecule has 0 spiro atoms. The second-order valence-electron chi connectivity index (χ2n) is 8.80. The zero-order valence-electron chi connectivity index (χ0n) is 21.4. The zero-order valence-corrected chi connectivity index (χ0v) is 21.4. The number of ether oxygens (including phenoxy) is 1. The number of nitrogens with zero attached hydrogens (tertiary/aromatic N) is 6. The second kappa shape index (κ2) is 9.69. The van der Waals surface area contributed by atoms with Crippen LogP contribution in [0, 0.1) is 27.7 Å². The maximum Gasteiger partial charge on any atom is 0.273 e. The minimum atomic E-state index is -0.248. The fraction of sp³-hybridized carbons (Fsp3) is 0.179. The number of amides is 1. The smallest absolute Gasteiger partial charge is 0.273 e. The number of aromatic nitrogens is 6. The Balaban J connectivity index is 1.30. The fourth-order valence-electron chi connectivity index (χ4n) is 3.98. The van der Waals surface area contributed by atoms with Crippen molar-refractivity contribution in [3.05, 3.63) is 95.2 Å². The molecule has 9 nitrogen and oxygen atoms in total. The van der Waals surface area contributed by atoms with Gasteiger partial charge < -0.3 is 10.1 Å². The summed E-state index contributed by atoms with van der Waals surface area (Å²) in [7, 11) is 1.75. The number of aryl methyl sites for hydroxylation is 3. The van der Waals surface area contributed by atoms with Crippen molar-refractivity contribution in [1.29, 1.82) is 0 Å². The van der Waals surface area contributed by atoms with Crippen LogP contribution >= 0.6 is 0 Å². The Bertz CT molecular complexity index is 1590. The average Bonchev–Trinajstić information content (AvgIpc) is 3.40. The molecule has 0 radical (unpaired) electrons. The molecule has 186 valence electrons. The number of carbonyl (C=O) groups excluding carboxylic acids is 1. The summed E-state index contributed by atoms with van der Waals surface area (Å²) in [5.74, 6) is 1.96. The molecule has 0 atom stereocenters. The van der Waals surface area contributed by atoms with Crippen LogP contribution in [0.4, 0.5) is 5.69 Å². The molecule has 0 bridgehead atoms. The lowest BCUT2D eigenvalue weighted by molar-refractivity contribution is 0.101. The van der Waals surface area contributed by atoms with E-state index in [2.05, 4.69) is 25.5 Å². The summed E-state index contributed by atoms with van der Waals surface area (Å²) in [6, 6.07) is 20.4. The quantitative estimate of drug-likeness (QED) is 0.343. The van der Waals surface area contributed by atoms with Crippen molar-refractivity contribution < 1.29 is 9.53 Å². The van der Waals surface area contributed by atoms with Gasteiger partial charge in [-0.3, -0.25) is 9.48 Å². The highest BCUT2D eigenvalue weighted by molar-refractivity contribution is 6.03. The Hall–Kier alpha value is -4.79. The van der Waals surface area contributed by atoms with Crippen LogP contribution in [0.15, 0.2) is 66.7 Å². The number of hydrogen-bond acceptors (Lipinski definition) is 6. The highest BCUT2D eigenvalue weighted by Gasteiger charge is 2.15. The molecule has 0 aliphatic rings. The minimum absolute atomic E-state index is 0.248. The van der Waals surface area contributed by atoms with E-state index in [1.54, 1.807) is 52.8 Å². The third kappa shape index (κ3) is 4.97. The molecule has 3 aromatic heterocycles. The Morgan fingerprint density at radius 3 is 2.30 bits per heavy atom. The van der Waals surface area contributed by atoms with Gasteiger partial charge in [0.25, 0.3) is 5.91 Å². The molecular formula is C28H27N7O2. The van der Waals surface area contributed by atoms with E-state index in [-0.39, 0.29) is 5.91 Å². The molecule has 37 heavy (non-hydrogen) atoms. The number of rotatable bonds is 6. The van der Waals surface area contributed by atoms with Gasteiger partial charge in [0.15, 0.2) is 5.82 Å². The van der Waals surface area contributed by atoms with Crippen LogP contribution in [0.3, 0.4) is 0 Å². The van der Waals surface area contributed by atoms with E-state index < -0.39 is 0 Å². The van der Waals surface area contributed by atoms with E-state index in [0.717, 1.165) is 28.2 Å². The third-order valence-corrected chi connectivity index (χ3v) is 6.19. The largest absolute Gasteiger partial charge is 0.439 e. The van der Waals surface area contributed by atoms with Crippen LogP contribution in [-0.2, 0) is 7.05 Å². The summed E-state index contributed by atoms with van der Waals surface area (Å²) in [4.78, 5) is 21.8. The molecule has 0 aliphatic carbocycles. The Labute approximate surface area is 214 Å². The van der Waals surface area contributed by atoms with Gasteiger partial charge in [-0.05, 0) is 63.6 Å². The van der Waals surface area contributed by atoms with Crippen molar-refractivity contribution in [2.75, 3.05) is 5.32 Å². The average molecular weight is 494 g/mol. The van der Waals surface area contributed by atoms with E-state index in [9.17, 15) is 4.79 Å². The fourth-order valence-corrected chi connectivity index (χ4v) is 3.98. The summed E-state index contributed by atoms with van der Waals surface area (Å²) in [5, 5.41) is 12.0. The van der Waals surface area contributed by atoms with Gasteiger partial charge >= 0.3 is 0 Å². The molecule has 5 rings (SSSR count). The molecule has 1 amide bonds. The van der Waals surface area contributed by atoms with Gasteiger partial charge in [0.05, 0.1) is 11.4 Å². The van der Waals surface area contributed by atoms with Crippen molar-refractivity contribution in [3.63, 3.8) is 0 Å². The SMILES string of the molecule is Cc1nc(Oc2ccc(NC(=O)c3cc(-c4ccccc4)nn3C)cc2)cc(-n2nc(C)c(C)c2C)n1. The zero-order chi connectivity index (χ0) is 26.1. The summed E-state index contributed by atoms with van der Waals surface area (Å²) in [5.41, 5.74) is 5.89. The molecule has 0 unspecified atom stereocenters. The second-order valence-corrected chi connectivity index (χ2v) is 8.80. The molecule has 0 saturated heterocycles. The molecule has 9 heteroatoms. The van der Waals surface area contributed by atoms with Gasteiger partial charge in [0, 0.05) is 30.1 Å². The summed E-state index contributed by atoms with van der Waals surface area (Å²) in [6.07, 6.45) is 0. The van der Waals surface area contributed by atoms with Crippen molar-refractivity contribution in [2.45, 2.75) is 27.7 Å². The first kappa shape index (κ1) is 23.9. The maximum absolute atomic E-state index is 12.9. The van der Waals surface area contributed by atoms with Crippen LogP contribution in [-0.4, -0.2) is 35.4 Å². The van der Waals surface area contributed by atoms with Crippen LogP contribution in [0.2, 0.25) is 0 Å². The van der Waals surface area contributed by atoms with Crippen molar-refractivity contribution >= 4 is 11.6 Å². The number of nitrogens with one attached hydrogen (secondary N) is 1. The van der Waals surface area contributed by atoms with Gasteiger partial charge in [-0.25, -0.2) is 9.67 Å². The first-order valence-electron chi connectivity index (χ1n) is 11.9. The molecule has 1 N–H and O–H groups in total.